The number of benzene rings is 3. The minimum Gasteiger partial charge on any atom is -0.352 e. The number of halogens is 2. The zero-order valence-corrected chi connectivity index (χ0v) is 17.5. The summed E-state index contributed by atoms with van der Waals surface area (Å²) in [5.74, 6) is -1.89. The number of nitrogens with zero attached hydrogens (tertiary/aromatic N) is 1. The molecule has 3 aromatic rings. The molecule has 3 aromatic carbocycles. The largest absolute Gasteiger partial charge is 0.352 e. The van der Waals surface area contributed by atoms with Crippen LogP contribution >= 0.6 is 0 Å². The van der Waals surface area contributed by atoms with Crippen molar-refractivity contribution in [1.82, 2.24) is 10.2 Å². The van der Waals surface area contributed by atoms with Gasteiger partial charge in [0.25, 0.3) is 5.91 Å². The molecule has 1 saturated heterocycles. The van der Waals surface area contributed by atoms with Gasteiger partial charge in [-0.05, 0) is 36.2 Å². The molecule has 0 unspecified atom stereocenters. The number of rotatable bonds is 5. The quantitative estimate of drug-likeness (QED) is 0.642. The molecule has 0 spiro atoms. The van der Waals surface area contributed by atoms with E-state index >= 15 is 0 Å². The average molecular weight is 434 g/mol. The van der Waals surface area contributed by atoms with Crippen molar-refractivity contribution in [3.8, 4) is 0 Å². The van der Waals surface area contributed by atoms with Crippen LogP contribution in [0.5, 0.6) is 0 Å². The van der Waals surface area contributed by atoms with Crippen molar-refractivity contribution >= 4 is 11.8 Å². The number of likely N-dealkylation sites (tertiary alicyclic amines) is 1. The van der Waals surface area contributed by atoms with Crippen LogP contribution in [0.3, 0.4) is 0 Å². The lowest BCUT2D eigenvalue weighted by Crippen LogP contribution is -2.48. The first-order valence-corrected chi connectivity index (χ1v) is 10.6. The predicted octanol–water partition coefficient (Wildman–Crippen LogP) is 4.53. The van der Waals surface area contributed by atoms with Crippen LogP contribution in [-0.2, 0) is 11.3 Å². The summed E-state index contributed by atoms with van der Waals surface area (Å²) in [5.41, 5.74) is 1.70. The third kappa shape index (κ3) is 5.02. The van der Waals surface area contributed by atoms with Gasteiger partial charge in [-0.25, -0.2) is 8.78 Å². The van der Waals surface area contributed by atoms with Gasteiger partial charge in [0.15, 0.2) is 0 Å². The van der Waals surface area contributed by atoms with Crippen molar-refractivity contribution < 1.29 is 18.4 Å². The summed E-state index contributed by atoms with van der Waals surface area (Å²) in [6, 6.07) is 21.6. The normalized spacial score (nSPS) is 18.2. The topological polar surface area (TPSA) is 49.4 Å². The Bertz CT molecular complexity index is 1100. The lowest BCUT2D eigenvalue weighted by Gasteiger charge is -2.37. The summed E-state index contributed by atoms with van der Waals surface area (Å²) < 4.78 is 27.6. The number of carbonyl (C=O) groups excluding carboxylic acids is 2. The van der Waals surface area contributed by atoms with Crippen LogP contribution < -0.4 is 5.32 Å². The first-order chi connectivity index (χ1) is 15.5. The third-order valence-electron chi connectivity index (χ3n) is 5.86. The predicted molar refractivity (Wildman–Crippen MR) is 118 cm³/mol. The van der Waals surface area contributed by atoms with E-state index in [2.05, 4.69) is 5.32 Å². The lowest BCUT2D eigenvalue weighted by atomic mass is 9.83. The van der Waals surface area contributed by atoms with E-state index in [0.717, 1.165) is 5.56 Å². The van der Waals surface area contributed by atoms with Gasteiger partial charge in [-0.1, -0.05) is 54.6 Å². The van der Waals surface area contributed by atoms with Crippen molar-refractivity contribution in [1.29, 1.82) is 0 Å². The fourth-order valence-electron chi connectivity index (χ4n) is 4.19. The van der Waals surface area contributed by atoms with E-state index in [9.17, 15) is 18.4 Å². The fourth-order valence-corrected chi connectivity index (χ4v) is 4.19. The Hall–Kier alpha value is -3.54. The van der Waals surface area contributed by atoms with Crippen LogP contribution in [0.2, 0.25) is 0 Å². The molecular weight excluding hydrogens is 410 g/mol. The first-order valence-electron chi connectivity index (χ1n) is 10.6. The molecule has 2 amide bonds. The summed E-state index contributed by atoms with van der Waals surface area (Å²) in [4.78, 5) is 27.7. The molecule has 2 atom stereocenters. The summed E-state index contributed by atoms with van der Waals surface area (Å²) >= 11 is 0. The fraction of sp³-hybridized carbons (Fsp3) is 0.231. The van der Waals surface area contributed by atoms with Crippen molar-refractivity contribution in [2.45, 2.75) is 18.9 Å². The van der Waals surface area contributed by atoms with Gasteiger partial charge in [-0.3, -0.25) is 9.59 Å². The molecule has 1 fully saturated rings. The lowest BCUT2D eigenvalue weighted by molar-refractivity contribution is -0.126. The molecule has 164 valence electrons. The smallest absolute Gasteiger partial charge is 0.253 e. The van der Waals surface area contributed by atoms with E-state index in [1.807, 2.05) is 30.3 Å². The third-order valence-corrected chi connectivity index (χ3v) is 5.86. The van der Waals surface area contributed by atoms with E-state index < -0.39 is 11.7 Å². The molecule has 0 bridgehead atoms. The molecule has 0 radical (unpaired) electrons. The standard InChI is InChI=1S/C26H24F2N2O2/c27-23-11-6-10-19(14-23)26(32)30-16-21(18-7-2-1-3-8-18)13-22(17-30)25(31)29-15-20-9-4-5-12-24(20)28/h1-12,14,21-22H,13,15-17H2,(H,29,31)/t21-,22+/m0/s1. The van der Waals surface area contributed by atoms with Crippen LogP contribution in [0.25, 0.3) is 0 Å². The van der Waals surface area contributed by atoms with E-state index in [4.69, 9.17) is 0 Å². The Balaban J connectivity index is 1.53. The van der Waals surface area contributed by atoms with Gasteiger partial charge in [0.2, 0.25) is 5.91 Å². The number of piperidine rings is 1. The van der Waals surface area contributed by atoms with Gasteiger partial charge >= 0.3 is 0 Å². The SMILES string of the molecule is O=C(NCc1ccccc1F)[C@@H]1C[C@H](c2ccccc2)CN(C(=O)c2cccc(F)c2)C1. The molecule has 32 heavy (non-hydrogen) atoms. The number of amides is 2. The highest BCUT2D eigenvalue weighted by Crippen LogP contribution is 2.31. The molecule has 1 aliphatic rings. The Morgan fingerprint density at radius 3 is 2.41 bits per heavy atom. The van der Waals surface area contributed by atoms with Crippen molar-refractivity contribution in [3.63, 3.8) is 0 Å². The van der Waals surface area contributed by atoms with Crippen molar-refractivity contribution in [2.75, 3.05) is 13.1 Å². The van der Waals surface area contributed by atoms with Gasteiger partial charge in [-0.15, -0.1) is 0 Å². The van der Waals surface area contributed by atoms with E-state index in [0.29, 0.717) is 18.5 Å². The van der Waals surface area contributed by atoms with E-state index in [1.54, 1.807) is 29.2 Å². The minimum absolute atomic E-state index is 0.0355. The van der Waals surface area contributed by atoms with E-state index in [1.165, 1.54) is 24.3 Å². The van der Waals surface area contributed by atoms with Crippen molar-refractivity contribution in [3.05, 3.63) is 107 Å². The molecule has 4 nitrogen and oxygen atoms in total. The van der Waals surface area contributed by atoms with Crippen LogP contribution in [0, 0.1) is 17.6 Å². The second-order valence-corrected chi connectivity index (χ2v) is 8.07. The van der Waals surface area contributed by atoms with Gasteiger partial charge in [0.05, 0.1) is 5.92 Å². The van der Waals surface area contributed by atoms with Gasteiger partial charge in [-0.2, -0.15) is 0 Å². The maximum Gasteiger partial charge on any atom is 0.253 e. The minimum atomic E-state index is -0.480. The molecular formula is C26H24F2N2O2. The van der Waals surface area contributed by atoms with Gasteiger partial charge in [0, 0.05) is 36.7 Å². The van der Waals surface area contributed by atoms with Crippen LogP contribution in [-0.4, -0.2) is 29.8 Å². The molecule has 6 heteroatoms. The highest BCUT2D eigenvalue weighted by Gasteiger charge is 2.35. The zero-order chi connectivity index (χ0) is 22.5. The molecule has 0 aromatic heterocycles. The van der Waals surface area contributed by atoms with Gasteiger partial charge < -0.3 is 10.2 Å². The molecule has 1 aliphatic heterocycles. The van der Waals surface area contributed by atoms with E-state index in [-0.39, 0.29) is 42.2 Å². The number of hydrogen-bond donors (Lipinski definition) is 1. The molecule has 0 saturated carbocycles. The maximum absolute atomic E-state index is 13.9. The monoisotopic (exact) mass is 434 g/mol. The summed E-state index contributed by atoms with van der Waals surface area (Å²) in [6.07, 6.45) is 0.569. The van der Waals surface area contributed by atoms with Crippen LogP contribution in [0.4, 0.5) is 8.78 Å². The van der Waals surface area contributed by atoms with Crippen LogP contribution in [0.1, 0.15) is 33.8 Å². The Kier molecular flexibility index (Phi) is 6.59. The molecule has 0 aliphatic carbocycles. The number of hydrogen-bond acceptors (Lipinski definition) is 2. The van der Waals surface area contributed by atoms with Crippen LogP contribution in [0.15, 0.2) is 78.9 Å². The molecule has 1 N–H and O–H groups in total. The highest BCUT2D eigenvalue weighted by molar-refractivity contribution is 5.94. The average Bonchev–Trinajstić information content (AvgIpc) is 2.83. The zero-order valence-electron chi connectivity index (χ0n) is 17.5. The Morgan fingerprint density at radius 1 is 0.906 bits per heavy atom. The molecule has 4 rings (SSSR count). The number of carbonyl (C=O) groups is 2. The summed E-state index contributed by atoms with van der Waals surface area (Å²) in [7, 11) is 0. The summed E-state index contributed by atoms with van der Waals surface area (Å²) in [5, 5.41) is 2.81. The maximum atomic E-state index is 13.9. The molecule has 1 heterocycles. The highest BCUT2D eigenvalue weighted by atomic mass is 19.1. The number of nitrogens with one attached hydrogen (secondary N) is 1. The second kappa shape index (κ2) is 9.73. The van der Waals surface area contributed by atoms with Gasteiger partial charge in [0.1, 0.15) is 11.6 Å². The first kappa shape index (κ1) is 21.7. The Morgan fingerprint density at radius 2 is 1.66 bits per heavy atom. The Labute approximate surface area is 185 Å². The second-order valence-electron chi connectivity index (χ2n) is 8.07. The summed E-state index contributed by atoms with van der Waals surface area (Å²) in [6.45, 7) is 0.744. The van der Waals surface area contributed by atoms with Crippen molar-refractivity contribution in [2.24, 2.45) is 5.92 Å².